The first-order valence-corrected chi connectivity index (χ1v) is 9.19. The molecule has 0 aromatic heterocycles. The number of hydroxylamine groups is 2. The van der Waals surface area contributed by atoms with Crippen LogP contribution in [0, 0.1) is 0 Å². The molecule has 13 heteroatoms. The van der Waals surface area contributed by atoms with Crippen LogP contribution < -0.4 is 29.6 Å². The zero-order chi connectivity index (χ0) is 19.5. The van der Waals surface area contributed by atoms with Gasteiger partial charge in [0, 0.05) is 25.1 Å². The number of hydrogen-bond donors (Lipinski definition) is 1. The molecule has 0 saturated carbocycles. The average molecular weight is 412 g/mol. The number of unbranched alkanes of at least 4 members (excludes halogenated alkanes) is 2. The van der Waals surface area contributed by atoms with Crippen LogP contribution in [0.25, 0.3) is 0 Å². The van der Waals surface area contributed by atoms with Crippen LogP contribution in [0.4, 0.5) is 0 Å². The van der Waals surface area contributed by atoms with Crippen molar-refractivity contribution >= 4 is 39.7 Å². The summed E-state index contributed by atoms with van der Waals surface area (Å²) >= 11 is 0. The van der Waals surface area contributed by atoms with Crippen molar-refractivity contribution in [3.63, 3.8) is 0 Å². The van der Waals surface area contributed by atoms with Crippen LogP contribution in [0.2, 0.25) is 0 Å². The van der Waals surface area contributed by atoms with Gasteiger partial charge in [-0.3, -0.25) is 28.6 Å². The maximum atomic E-state index is 11.7. The standard InChI is InChI=1S/C14H16N2O9S.Na.H/c17-10-5-6-11(18)15(10)7-3-1-2-4-13(20)25-16-12(19)8-9(14(16)21)26(22,23)24;;/h5-6,9H,1-4,7-8H2,(H,22,23,24);;/q;+1;-1. The molecule has 1 fully saturated rings. The molecule has 11 nitrogen and oxygen atoms in total. The van der Waals surface area contributed by atoms with Crippen LogP contribution in [0.1, 0.15) is 33.5 Å². The van der Waals surface area contributed by atoms with Crippen molar-refractivity contribution < 1.29 is 72.8 Å². The van der Waals surface area contributed by atoms with Gasteiger partial charge in [0.05, 0.1) is 6.42 Å². The van der Waals surface area contributed by atoms with E-state index in [4.69, 9.17) is 4.55 Å². The molecule has 0 aromatic carbocycles. The number of carbonyl (C=O) groups excluding carboxylic acids is 5. The predicted molar refractivity (Wildman–Crippen MR) is 83.3 cm³/mol. The Morgan fingerprint density at radius 3 is 2.26 bits per heavy atom. The Hall–Kier alpha value is -1.60. The van der Waals surface area contributed by atoms with Gasteiger partial charge < -0.3 is 6.26 Å². The first-order chi connectivity index (χ1) is 12.1. The number of nitrogens with zero attached hydrogens (tertiary/aromatic N) is 2. The molecule has 1 atom stereocenters. The van der Waals surface area contributed by atoms with Gasteiger partial charge >= 0.3 is 35.5 Å². The molecule has 0 spiro atoms. The molecule has 2 aliphatic rings. The summed E-state index contributed by atoms with van der Waals surface area (Å²) in [6.45, 7) is 0.207. The van der Waals surface area contributed by atoms with Crippen molar-refractivity contribution in [1.82, 2.24) is 9.96 Å². The number of carbonyl (C=O) groups is 5. The van der Waals surface area contributed by atoms with Gasteiger partial charge in [0.25, 0.3) is 33.7 Å². The Balaban J connectivity index is 0.00000364. The molecular formula is C14H17N2NaO9S. The summed E-state index contributed by atoms with van der Waals surface area (Å²) in [7, 11) is -4.76. The van der Waals surface area contributed by atoms with Gasteiger partial charge in [0.2, 0.25) is 0 Å². The van der Waals surface area contributed by atoms with E-state index in [2.05, 4.69) is 4.84 Å². The summed E-state index contributed by atoms with van der Waals surface area (Å²) in [4.78, 5) is 63.2. The molecule has 0 bridgehead atoms. The Bertz CT molecular complexity index is 781. The topological polar surface area (TPSA) is 155 Å². The predicted octanol–water partition coefficient (Wildman–Crippen LogP) is -3.94. The Kier molecular flexibility index (Phi) is 8.29. The number of amides is 4. The van der Waals surface area contributed by atoms with Crippen LogP contribution in [-0.4, -0.2) is 64.3 Å². The quantitative estimate of drug-likeness (QED) is 0.182. The molecule has 1 saturated heterocycles. The van der Waals surface area contributed by atoms with E-state index < -0.39 is 51.4 Å². The normalized spacial score (nSPS) is 19.7. The minimum atomic E-state index is -4.76. The first-order valence-electron chi connectivity index (χ1n) is 7.68. The van der Waals surface area contributed by atoms with Crippen molar-refractivity contribution in [1.29, 1.82) is 0 Å². The van der Waals surface area contributed by atoms with Gasteiger partial charge in [-0.2, -0.15) is 8.42 Å². The maximum absolute atomic E-state index is 11.7. The van der Waals surface area contributed by atoms with Crippen molar-refractivity contribution in [3.05, 3.63) is 12.2 Å². The van der Waals surface area contributed by atoms with E-state index >= 15 is 0 Å². The summed E-state index contributed by atoms with van der Waals surface area (Å²) in [5, 5.41) is -1.92. The molecule has 2 heterocycles. The summed E-state index contributed by atoms with van der Waals surface area (Å²) < 4.78 is 30.8. The Morgan fingerprint density at radius 2 is 1.74 bits per heavy atom. The third-order valence-electron chi connectivity index (χ3n) is 3.78. The van der Waals surface area contributed by atoms with Gasteiger partial charge in [-0.15, -0.1) is 5.06 Å². The molecule has 0 radical (unpaired) electrons. The van der Waals surface area contributed by atoms with Crippen molar-refractivity contribution in [3.8, 4) is 0 Å². The second-order valence-corrected chi connectivity index (χ2v) is 7.27. The van der Waals surface area contributed by atoms with E-state index in [-0.39, 0.29) is 49.0 Å². The second kappa shape index (κ2) is 9.55. The van der Waals surface area contributed by atoms with Crippen LogP contribution in [0.3, 0.4) is 0 Å². The van der Waals surface area contributed by atoms with E-state index in [1.807, 2.05) is 0 Å². The fraction of sp³-hybridized carbons (Fsp3) is 0.500. The second-order valence-electron chi connectivity index (χ2n) is 5.67. The molecule has 144 valence electrons. The fourth-order valence-corrected chi connectivity index (χ4v) is 3.13. The molecule has 0 aliphatic carbocycles. The molecular weight excluding hydrogens is 395 g/mol. The number of rotatable bonds is 8. The van der Waals surface area contributed by atoms with Gasteiger partial charge in [0.1, 0.15) is 0 Å². The minimum absolute atomic E-state index is 0. The van der Waals surface area contributed by atoms with E-state index in [0.717, 1.165) is 4.90 Å². The summed E-state index contributed by atoms with van der Waals surface area (Å²) in [6.07, 6.45) is 2.62. The zero-order valence-corrected chi connectivity index (χ0v) is 17.3. The molecule has 4 amide bonds. The summed E-state index contributed by atoms with van der Waals surface area (Å²) in [5.41, 5.74) is 0. The van der Waals surface area contributed by atoms with Gasteiger partial charge in [-0.1, -0.05) is 6.42 Å². The Labute approximate surface area is 178 Å². The van der Waals surface area contributed by atoms with Gasteiger partial charge in [-0.05, 0) is 12.8 Å². The largest absolute Gasteiger partial charge is 1.00 e. The van der Waals surface area contributed by atoms with Crippen molar-refractivity contribution in [2.24, 2.45) is 0 Å². The monoisotopic (exact) mass is 412 g/mol. The van der Waals surface area contributed by atoms with Crippen LogP contribution in [-0.2, 0) is 38.9 Å². The summed E-state index contributed by atoms with van der Waals surface area (Å²) in [5.74, 6) is -4.06. The van der Waals surface area contributed by atoms with Crippen LogP contribution >= 0.6 is 0 Å². The molecule has 1 unspecified atom stereocenters. The molecule has 1 N–H and O–H groups in total. The third kappa shape index (κ3) is 5.94. The van der Waals surface area contributed by atoms with E-state index in [1.165, 1.54) is 12.2 Å². The molecule has 2 aliphatic heterocycles. The Morgan fingerprint density at radius 1 is 1.15 bits per heavy atom. The van der Waals surface area contributed by atoms with Crippen LogP contribution in [0.5, 0.6) is 0 Å². The van der Waals surface area contributed by atoms with Crippen LogP contribution in [0.15, 0.2) is 12.2 Å². The van der Waals surface area contributed by atoms with E-state index in [9.17, 15) is 32.4 Å². The fourth-order valence-electron chi connectivity index (χ4n) is 2.43. The van der Waals surface area contributed by atoms with E-state index in [0.29, 0.717) is 19.3 Å². The van der Waals surface area contributed by atoms with Gasteiger partial charge in [-0.25, -0.2) is 4.79 Å². The number of imide groups is 2. The molecule has 27 heavy (non-hydrogen) atoms. The molecule has 2 rings (SSSR count). The van der Waals surface area contributed by atoms with Crippen molar-refractivity contribution in [2.45, 2.75) is 37.4 Å². The SMILES string of the molecule is O=C(CCCCCN1C(=O)C=CC1=O)ON1C(=O)CC(S(=O)(=O)O)C1=O.[H-].[Na+]. The van der Waals surface area contributed by atoms with E-state index in [1.54, 1.807) is 0 Å². The average Bonchev–Trinajstić information content (AvgIpc) is 3.01. The maximum Gasteiger partial charge on any atom is 1.00 e. The third-order valence-corrected chi connectivity index (χ3v) is 4.87. The summed E-state index contributed by atoms with van der Waals surface area (Å²) in [6, 6.07) is 0. The number of hydrogen-bond acceptors (Lipinski definition) is 8. The zero-order valence-electron chi connectivity index (χ0n) is 15.5. The first kappa shape index (κ1) is 23.4. The minimum Gasteiger partial charge on any atom is -1.00 e. The van der Waals surface area contributed by atoms with Crippen molar-refractivity contribution in [2.75, 3.05) is 6.54 Å². The smallest absolute Gasteiger partial charge is 1.00 e. The van der Waals surface area contributed by atoms with Gasteiger partial charge in [0.15, 0.2) is 5.25 Å². The molecule has 0 aromatic rings.